The molecule has 3 aromatic heterocycles. The molecule has 0 unspecified atom stereocenters. The Morgan fingerprint density at radius 2 is 2.07 bits per heavy atom. The van der Waals surface area contributed by atoms with Gasteiger partial charge in [0.25, 0.3) is 5.91 Å². The largest absolute Gasteiger partial charge is 0.472 e. The fourth-order valence-corrected chi connectivity index (χ4v) is 2.34. The predicted octanol–water partition coefficient (Wildman–Crippen LogP) is 1.91. The highest BCUT2D eigenvalue weighted by molar-refractivity contribution is 5.92. The summed E-state index contributed by atoms with van der Waals surface area (Å²) in [5.74, 6) is 0.451. The van der Waals surface area contributed by atoms with Crippen LogP contribution in [0.3, 0.4) is 0 Å². The molecule has 28 heavy (non-hydrogen) atoms. The van der Waals surface area contributed by atoms with Crippen molar-refractivity contribution in [2.24, 2.45) is 0 Å². The first-order chi connectivity index (χ1) is 13.4. The Morgan fingerprint density at radius 1 is 1.25 bits per heavy atom. The number of carbonyl (C=O) groups excluding carboxylic acids is 1. The fraction of sp³-hybridized carbons (Fsp3) is 0.316. The number of amides is 1. The number of nitrogens with one attached hydrogen (secondary N) is 1. The molecule has 0 saturated heterocycles. The minimum Gasteiger partial charge on any atom is -0.472 e. The van der Waals surface area contributed by atoms with E-state index in [4.69, 9.17) is 9.26 Å². The SMILES string of the molecule is Cc1onc(-c2ccccn2)c1COc1ccc(C(=O)NC(C)(C)CO)nn1. The number of aryl methyl sites for hydroxylation is 1. The lowest BCUT2D eigenvalue weighted by atomic mass is 10.1. The first-order valence-corrected chi connectivity index (χ1v) is 8.66. The van der Waals surface area contributed by atoms with Gasteiger partial charge in [0, 0.05) is 12.3 Å². The maximum absolute atomic E-state index is 12.1. The predicted molar refractivity (Wildman–Crippen MR) is 99.5 cm³/mol. The van der Waals surface area contributed by atoms with Gasteiger partial charge >= 0.3 is 0 Å². The summed E-state index contributed by atoms with van der Waals surface area (Å²) in [4.78, 5) is 16.4. The van der Waals surface area contributed by atoms with Crippen LogP contribution < -0.4 is 10.1 Å². The van der Waals surface area contributed by atoms with Crippen molar-refractivity contribution in [1.29, 1.82) is 0 Å². The van der Waals surface area contributed by atoms with Crippen molar-refractivity contribution in [2.75, 3.05) is 6.61 Å². The van der Waals surface area contributed by atoms with Crippen molar-refractivity contribution in [1.82, 2.24) is 25.7 Å². The summed E-state index contributed by atoms with van der Waals surface area (Å²) >= 11 is 0. The molecule has 3 heterocycles. The van der Waals surface area contributed by atoms with Gasteiger partial charge in [-0.25, -0.2) is 0 Å². The number of hydrogen-bond acceptors (Lipinski definition) is 8. The van der Waals surface area contributed by atoms with Crippen molar-refractivity contribution in [2.45, 2.75) is 32.9 Å². The molecule has 0 fully saturated rings. The van der Waals surface area contributed by atoms with Crippen LogP contribution in [0.2, 0.25) is 0 Å². The normalized spacial score (nSPS) is 11.3. The van der Waals surface area contributed by atoms with E-state index in [9.17, 15) is 9.90 Å². The van der Waals surface area contributed by atoms with Gasteiger partial charge in [0.05, 0.1) is 23.4 Å². The molecule has 9 heteroatoms. The highest BCUT2D eigenvalue weighted by Crippen LogP contribution is 2.24. The van der Waals surface area contributed by atoms with Gasteiger partial charge < -0.3 is 19.7 Å². The number of aromatic nitrogens is 4. The van der Waals surface area contributed by atoms with Crippen LogP contribution in [0.15, 0.2) is 41.1 Å². The van der Waals surface area contributed by atoms with Gasteiger partial charge in [-0.2, -0.15) is 0 Å². The minimum absolute atomic E-state index is 0.129. The zero-order valence-corrected chi connectivity index (χ0v) is 15.8. The average molecular weight is 383 g/mol. The number of nitrogens with zero attached hydrogens (tertiary/aromatic N) is 4. The molecule has 9 nitrogen and oxygen atoms in total. The molecule has 1 amide bonds. The van der Waals surface area contributed by atoms with Crippen LogP contribution in [0, 0.1) is 6.92 Å². The summed E-state index contributed by atoms with van der Waals surface area (Å²) in [6.07, 6.45) is 1.68. The number of pyridine rings is 1. The van der Waals surface area contributed by atoms with Gasteiger partial charge in [0.1, 0.15) is 18.1 Å². The molecule has 146 valence electrons. The molecule has 0 aliphatic rings. The number of aliphatic hydroxyl groups excluding tert-OH is 1. The van der Waals surface area contributed by atoms with Crippen molar-refractivity contribution in [3.63, 3.8) is 0 Å². The van der Waals surface area contributed by atoms with Crippen LogP contribution in [0.25, 0.3) is 11.4 Å². The summed E-state index contributed by atoms with van der Waals surface area (Å²) in [5, 5.41) is 23.8. The highest BCUT2D eigenvalue weighted by atomic mass is 16.5. The van der Waals surface area contributed by atoms with Gasteiger partial charge in [-0.3, -0.25) is 9.78 Å². The Bertz CT molecular complexity index is 939. The third kappa shape index (κ3) is 4.49. The molecule has 0 saturated carbocycles. The first-order valence-electron chi connectivity index (χ1n) is 8.66. The van der Waals surface area contributed by atoms with E-state index >= 15 is 0 Å². The van der Waals surface area contributed by atoms with Crippen LogP contribution >= 0.6 is 0 Å². The standard InChI is InChI=1S/C19H21N5O4/c1-12-13(17(24-28-12)14-6-4-5-9-20-14)10-27-16-8-7-15(22-23-16)18(26)21-19(2,3)11-25/h4-9,25H,10-11H2,1-3H3,(H,21,26). The van der Waals surface area contributed by atoms with E-state index < -0.39 is 11.4 Å². The Morgan fingerprint density at radius 3 is 2.71 bits per heavy atom. The Hall–Kier alpha value is -3.33. The van der Waals surface area contributed by atoms with Crippen LogP contribution in [0.1, 0.15) is 35.7 Å². The number of carbonyl (C=O) groups is 1. The lowest BCUT2D eigenvalue weighted by Gasteiger charge is -2.22. The van der Waals surface area contributed by atoms with Crippen LogP contribution in [0.4, 0.5) is 0 Å². The molecule has 0 aromatic carbocycles. The monoisotopic (exact) mass is 383 g/mol. The Labute approximate surface area is 161 Å². The third-order valence-electron chi connectivity index (χ3n) is 3.98. The number of aliphatic hydroxyl groups is 1. The molecular formula is C19H21N5O4. The first kappa shape index (κ1) is 19.4. The molecule has 3 rings (SSSR count). The summed E-state index contributed by atoms with van der Waals surface area (Å²) in [7, 11) is 0. The van der Waals surface area contributed by atoms with E-state index in [2.05, 4.69) is 25.7 Å². The second kappa shape index (κ2) is 8.13. The summed E-state index contributed by atoms with van der Waals surface area (Å²) in [6.45, 7) is 5.18. The smallest absolute Gasteiger partial charge is 0.272 e. The van der Waals surface area contributed by atoms with Crippen LogP contribution in [-0.2, 0) is 6.61 Å². The molecule has 0 aliphatic heterocycles. The van der Waals surface area contributed by atoms with E-state index in [1.807, 2.05) is 18.2 Å². The molecule has 0 aliphatic carbocycles. The quantitative estimate of drug-likeness (QED) is 0.634. The second-order valence-electron chi connectivity index (χ2n) is 6.82. The van der Waals surface area contributed by atoms with Crippen LogP contribution in [-0.4, -0.2) is 43.5 Å². The summed E-state index contributed by atoms with van der Waals surface area (Å²) in [5.41, 5.74) is 1.42. The van der Waals surface area contributed by atoms with E-state index in [0.717, 1.165) is 5.56 Å². The van der Waals surface area contributed by atoms with Gasteiger partial charge in [-0.15, -0.1) is 10.2 Å². The molecule has 3 aromatic rings. The molecule has 0 radical (unpaired) electrons. The van der Waals surface area contributed by atoms with Crippen molar-refractivity contribution >= 4 is 5.91 Å². The van der Waals surface area contributed by atoms with Crippen LogP contribution in [0.5, 0.6) is 5.88 Å². The van der Waals surface area contributed by atoms with Gasteiger partial charge in [0.2, 0.25) is 5.88 Å². The average Bonchev–Trinajstić information content (AvgIpc) is 3.07. The summed E-state index contributed by atoms with van der Waals surface area (Å²) in [6, 6.07) is 8.58. The fourth-order valence-electron chi connectivity index (χ4n) is 2.34. The Balaban J connectivity index is 1.68. The molecule has 0 spiro atoms. The molecule has 2 N–H and O–H groups in total. The van der Waals surface area contributed by atoms with Gasteiger partial charge in [0.15, 0.2) is 5.69 Å². The van der Waals surface area contributed by atoms with E-state index in [1.165, 1.54) is 6.07 Å². The van der Waals surface area contributed by atoms with Crippen molar-refractivity contribution < 1.29 is 19.2 Å². The molecule has 0 atom stereocenters. The zero-order chi connectivity index (χ0) is 20.1. The van der Waals surface area contributed by atoms with Crippen molar-refractivity contribution in [3.05, 3.63) is 53.5 Å². The molecular weight excluding hydrogens is 362 g/mol. The van der Waals surface area contributed by atoms with E-state index in [1.54, 1.807) is 33.0 Å². The van der Waals surface area contributed by atoms with E-state index in [-0.39, 0.29) is 24.8 Å². The minimum atomic E-state index is -0.748. The maximum Gasteiger partial charge on any atom is 0.272 e. The zero-order valence-electron chi connectivity index (χ0n) is 15.8. The number of hydrogen-bond donors (Lipinski definition) is 2. The lowest BCUT2D eigenvalue weighted by Crippen LogP contribution is -2.46. The number of ether oxygens (including phenoxy) is 1. The third-order valence-corrected chi connectivity index (χ3v) is 3.98. The lowest BCUT2D eigenvalue weighted by molar-refractivity contribution is 0.0863. The Kier molecular flexibility index (Phi) is 5.65. The van der Waals surface area contributed by atoms with Crippen molar-refractivity contribution in [3.8, 4) is 17.3 Å². The molecule has 0 bridgehead atoms. The van der Waals surface area contributed by atoms with Gasteiger partial charge in [-0.05, 0) is 39.0 Å². The topological polar surface area (TPSA) is 123 Å². The second-order valence-corrected chi connectivity index (χ2v) is 6.82. The highest BCUT2D eigenvalue weighted by Gasteiger charge is 2.21. The van der Waals surface area contributed by atoms with Gasteiger partial charge in [-0.1, -0.05) is 11.2 Å². The number of rotatable bonds is 7. The summed E-state index contributed by atoms with van der Waals surface area (Å²) < 4.78 is 10.9. The van der Waals surface area contributed by atoms with E-state index in [0.29, 0.717) is 17.1 Å². The maximum atomic E-state index is 12.1.